The second-order valence-corrected chi connectivity index (χ2v) is 10.9. The van der Waals surface area contributed by atoms with Gasteiger partial charge in [0.2, 0.25) is 15.9 Å². The van der Waals surface area contributed by atoms with E-state index in [-0.39, 0.29) is 16.1 Å². The molecule has 0 aliphatic carbocycles. The number of fused-ring (bicyclic) bond motifs is 1. The summed E-state index contributed by atoms with van der Waals surface area (Å²) in [7, 11) is -3.59. The summed E-state index contributed by atoms with van der Waals surface area (Å²) in [5.41, 5.74) is 1.82. The number of nitrogens with one attached hydrogen (secondary N) is 1. The molecule has 6 nitrogen and oxygen atoms in total. The Morgan fingerprint density at radius 2 is 1.79 bits per heavy atom. The van der Waals surface area contributed by atoms with Gasteiger partial charge < -0.3 is 5.32 Å². The van der Waals surface area contributed by atoms with Crippen LogP contribution in [0.2, 0.25) is 0 Å². The van der Waals surface area contributed by atoms with Crippen LogP contribution in [0.4, 0.5) is 5.69 Å². The van der Waals surface area contributed by atoms with Crippen molar-refractivity contribution in [3.05, 3.63) is 54.1 Å². The van der Waals surface area contributed by atoms with Crippen LogP contribution in [0.5, 0.6) is 0 Å². The van der Waals surface area contributed by atoms with E-state index < -0.39 is 10.0 Å². The standard InChI is InChI=1S/C21H25N3O3S2/c1-16-13-21(25)22-19-14-18(7-8-20(19)28-16)29(26,27)24-11-9-23(10-12-24)15-17-5-3-2-4-6-17/h2-8,14,16H,9-13,15H2,1H3,(H,22,25)/t16-/m0/s1. The smallest absolute Gasteiger partial charge is 0.243 e. The van der Waals surface area contributed by atoms with Crippen LogP contribution in [0.15, 0.2) is 58.3 Å². The van der Waals surface area contributed by atoms with Gasteiger partial charge in [0.05, 0.1) is 10.6 Å². The van der Waals surface area contributed by atoms with Crippen LogP contribution in [0.3, 0.4) is 0 Å². The number of hydrogen-bond donors (Lipinski definition) is 1. The van der Waals surface area contributed by atoms with Crippen LogP contribution >= 0.6 is 11.8 Å². The number of carbonyl (C=O) groups excluding carboxylic acids is 1. The van der Waals surface area contributed by atoms with Crippen molar-refractivity contribution >= 4 is 33.4 Å². The highest BCUT2D eigenvalue weighted by molar-refractivity contribution is 8.00. The molecule has 4 rings (SSSR count). The topological polar surface area (TPSA) is 69.7 Å². The van der Waals surface area contributed by atoms with E-state index in [9.17, 15) is 13.2 Å². The van der Waals surface area contributed by atoms with Crippen molar-refractivity contribution in [2.75, 3.05) is 31.5 Å². The fraction of sp³-hybridized carbons (Fsp3) is 0.381. The number of amides is 1. The molecule has 0 spiro atoms. The second-order valence-electron chi connectivity index (χ2n) is 7.50. The number of anilines is 1. The first kappa shape index (κ1) is 20.4. The molecule has 0 aromatic heterocycles. The molecular formula is C21H25N3O3S2. The molecule has 2 heterocycles. The van der Waals surface area contributed by atoms with Gasteiger partial charge in [-0.1, -0.05) is 37.3 Å². The fourth-order valence-electron chi connectivity index (χ4n) is 3.71. The summed E-state index contributed by atoms with van der Waals surface area (Å²) in [4.78, 5) is 15.4. The Balaban J connectivity index is 1.46. The molecular weight excluding hydrogens is 406 g/mol. The number of piperazine rings is 1. The van der Waals surface area contributed by atoms with Crippen LogP contribution in [-0.2, 0) is 21.4 Å². The molecule has 1 N–H and O–H groups in total. The lowest BCUT2D eigenvalue weighted by molar-refractivity contribution is -0.116. The maximum atomic E-state index is 13.2. The molecule has 2 aliphatic rings. The van der Waals surface area contributed by atoms with Gasteiger partial charge in [-0.3, -0.25) is 9.69 Å². The predicted octanol–water partition coefficient (Wildman–Crippen LogP) is 3.02. The molecule has 0 unspecified atom stereocenters. The van der Waals surface area contributed by atoms with Crippen LogP contribution in [0.1, 0.15) is 18.9 Å². The molecule has 2 aromatic carbocycles. The van der Waals surface area contributed by atoms with E-state index in [4.69, 9.17) is 0 Å². The molecule has 1 fully saturated rings. The number of benzene rings is 2. The molecule has 154 valence electrons. The summed E-state index contributed by atoms with van der Waals surface area (Å²) in [5.74, 6) is -0.0761. The molecule has 0 saturated carbocycles. The van der Waals surface area contributed by atoms with Crippen LogP contribution in [0.25, 0.3) is 0 Å². The summed E-state index contributed by atoms with van der Waals surface area (Å²) in [6.07, 6.45) is 0.421. The number of thioether (sulfide) groups is 1. The molecule has 2 aliphatic heterocycles. The van der Waals surface area contributed by atoms with E-state index in [1.165, 1.54) is 5.56 Å². The van der Waals surface area contributed by atoms with Gasteiger partial charge in [-0.15, -0.1) is 11.8 Å². The summed E-state index contributed by atoms with van der Waals surface area (Å²) in [6.45, 7) is 5.15. The quantitative estimate of drug-likeness (QED) is 0.806. The average molecular weight is 432 g/mol. The maximum absolute atomic E-state index is 13.2. The number of hydrogen-bond acceptors (Lipinski definition) is 5. The molecule has 0 radical (unpaired) electrons. The van der Waals surface area contributed by atoms with Gasteiger partial charge in [0.15, 0.2) is 0 Å². The van der Waals surface area contributed by atoms with Crippen LogP contribution in [0, 0.1) is 0 Å². The molecule has 1 atom stereocenters. The van der Waals surface area contributed by atoms with Crippen molar-refractivity contribution in [2.24, 2.45) is 0 Å². The normalized spacial score (nSPS) is 21.3. The Kier molecular flexibility index (Phi) is 5.96. The number of rotatable bonds is 4. The number of carbonyl (C=O) groups is 1. The summed E-state index contributed by atoms with van der Waals surface area (Å²) in [6, 6.07) is 15.3. The molecule has 2 aromatic rings. The average Bonchev–Trinajstić information content (AvgIpc) is 2.84. The van der Waals surface area contributed by atoms with Gasteiger partial charge in [0, 0.05) is 49.3 Å². The van der Waals surface area contributed by atoms with Gasteiger partial charge in [-0.05, 0) is 23.8 Å². The predicted molar refractivity (Wildman–Crippen MR) is 115 cm³/mol. The highest BCUT2D eigenvalue weighted by Gasteiger charge is 2.30. The first-order valence-corrected chi connectivity index (χ1v) is 12.1. The first-order valence-electron chi connectivity index (χ1n) is 9.79. The van der Waals surface area contributed by atoms with E-state index in [2.05, 4.69) is 22.3 Å². The zero-order valence-electron chi connectivity index (χ0n) is 16.4. The Hall–Kier alpha value is -1.87. The molecule has 29 heavy (non-hydrogen) atoms. The van der Waals surface area contributed by atoms with Crippen LogP contribution in [-0.4, -0.2) is 55.0 Å². The Bertz CT molecular complexity index is 987. The number of nitrogens with zero attached hydrogens (tertiary/aromatic N) is 2. The molecule has 1 saturated heterocycles. The van der Waals surface area contributed by atoms with Crippen molar-refractivity contribution in [3.8, 4) is 0 Å². The summed E-state index contributed by atoms with van der Waals surface area (Å²) < 4.78 is 27.9. The monoisotopic (exact) mass is 431 g/mol. The first-order chi connectivity index (χ1) is 13.9. The Labute approximate surface area is 176 Å². The van der Waals surface area contributed by atoms with E-state index in [0.29, 0.717) is 38.3 Å². The van der Waals surface area contributed by atoms with E-state index in [1.807, 2.05) is 25.1 Å². The zero-order valence-corrected chi connectivity index (χ0v) is 18.0. The van der Waals surface area contributed by atoms with Crippen molar-refractivity contribution in [1.29, 1.82) is 0 Å². The van der Waals surface area contributed by atoms with Crippen LogP contribution < -0.4 is 5.32 Å². The van der Waals surface area contributed by atoms with E-state index >= 15 is 0 Å². The zero-order chi connectivity index (χ0) is 20.4. The SMILES string of the molecule is C[C@H]1CC(=O)Nc2cc(S(=O)(=O)N3CCN(Cc4ccccc4)CC3)ccc2S1. The lowest BCUT2D eigenvalue weighted by Gasteiger charge is -2.34. The maximum Gasteiger partial charge on any atom is 0.243 e. The largest absolute Gasteiger partial charge is 0.325 e. The highest BCUT2D eigenvalue weighted by atomic mass is 32.2. The van der Waals surface area contributed by atoms with Gasteiger partial charge in [0.25, 0.3) is 0 Å². The van der Waals surface area contributed by atoms with Crippen molar-refractivity contribution < 1.29 is 13.2 Å². The summed E-state index contributed by atoms with van der Waals surface area (Å²) in [5, 5.41) is 3.01. The fourth-order valence-corrected chi connectivity index (χ4v) is 6.21. The van der Waals surface area contributed by atoms with E-state index in [0.717, 1.165) is 11.4 Å². The number of sulfonamides is 1. The summed E-state index contributed by atoms with van der Waals surface area (Å²) >= 11 is 1.59. The van der Waals surface area contributed by atoms with Gasteiger partial charge in [0.1, 0.15) is 0 Å². The van der Waals surface area contributed by atoms with Gasteiger partial charge in [-0.25, -0.2) is 8.42 Å². The third-order valence-corrected chi connectivity index (χ3v) is 8.32. The minimum atomic E-state index is -3.59. The Morgan fingerprint density at radius 3 is 2.52 bits per heavy atom. The molecule has 1 amide bonds. The minimum absolute atomic E-state index is 0.0761. The molecule has 8 heteroatoms. The van der Waals surface area contributed by atoms with E-state index in [1.54, 1.807) is 34.3 Å². The van der Waals surface area contributed by atoms with Crippen molar-refractivity contribution in [1.82, 2.24) is 9.21 Å². The Morgan fingerprint density at radius 1 is 1.07 bits per heavy atom. The third-order valence-electron chi connectivity index (χ3n) is 5.24. The third kappa shape index (κ3) is 4.66. The van der Waals surface area contributed by atoms with Gasteiger partial charge >= 0.3 is 0 Å². The van der Waals surface area contributed by atoms with Crippen molar-refractivity contribution in [2.45, 2.75) is 34.9 Å². The van der Waals surface area contributed by atoms with Crippen molar-refractivity contribution in [3.63, 3.8) is 0 Å². The highest BCUT2D eigenvalue weighted by Crippen LogP contribution is 2.36. The minimum Gasteiger partial charge on any atom is -0.325 e. The lowest BCUT2D eigenvalue weighted by atomic mass is 10.2. The lowest BCUT2D eigenvalue weighted by Crippen LogP contribution is -2.48. The second kappa shape index (κ2) is 8.47. The van der Waals surface area contributed by atoms with Gasteiger partial charge in [-0.2, -0.15) is 4.31 Å². The molecule has 0 bridgehead atoms.